The van der Waals surface area contributed by atoms with Gasteiger partial charge in [-0.2, -0.15) is 0 Å². The van der Waals surface area contributed by atoms with E-state index in [1.165, 1.54) is 0 Å². The van der Waals surface area contributed by atoms with Gasteiger partial charge < -0.3 is 23.5 Å². The highest BCUT2D eigenvalue weighted by molar-refractivity contribution is 5.98. The number of nitrogens with zero attached hydrogens (tertiary/aromatic N) is 3. The molecule has 0 N–H and O–H groups in total. The van der Waals surface area contributed by atoms with E-state index in [9.17, 15) is 4.79 Å². The minimum atomic E-state index is -0.424. The van der Waals surface area contributed by atoms with Gasteiger partial charge in [-0.15, -0.1) is 10.2 Å². The number of aromatic nitrogens is 2. The van der Waals surface area contributed by atoms with Crippen molar-refractivity contribution in [3.8, 4) is 11.5 Å². The first-order valence-electron chi connectivity index (χ1n) is 8.26. The van der Waals surface area contributed by atoms with Crippen LogP contribution < -0.4 is 9.47 Å². The summed E-state index contributed by atoms with van der Waals surface area (Å²) in [5.74, 6) is 2.07. The molecule has 3 heterocycles. The summed E-state index contributed by atoms with van der Waals surface area (Å²) in [4.78, 5) is 14.6. The van der Waals surface area contributed by atoms with Crippen LogP contribution in [0.2, 0.25) is 0 Å². The third-order valence-corrected chi connectivity index (χ3v) is 4.21. The fraction of sp³-hybridized carbons (Fsp3) is 0.471. The van der Waals surface area contributed by atoms with Gasteiger partial charge in [-0.05, 0) is 12.1 Å². The van der Waals surface area contributed by atoms with Crippen molar-refractivity contribution >= 4 is 5.91 Å². The summed E-state index contributed by atoms with van der Waals surface area (Å²) in [7, 11) is 0. The third kappa shape index (κ3) is 2.93. The Bertz CT molecular complexity index is 788. The van der Waals surface area contributed by atoms with E-state index in [2.05, 4.69) is 10.2 Å². The summed E-state index contributed by atoms with van der Waals surface area (Å²) in [6, 6.07) is 5.31. The number of ether oxygens (including phenoxy) is 3. The number of amides is 1. The molecule has 1 aromatic carbocycles. The molecule has 1 fully saturated rings. The number of benzene rings is 1. The predicted octanol–water partition coefficient (Wildman–Crippen LogP) is 2.14. The maximum absolute atomic E-state index is 12.9. The summed E-state index contributed by atoms with van der Waals surface area (Å²) in [6.07, 6.45) is -0.424. The minimum absolute atomic E-state index is 0.126. The van der Waals surface area contributed by atoms with Crippen molar-refractivity contribution in [3.05, 3.63) is 35.5 Å². The highest BCUT2D eigenvalue weighted by atomic mass is 16.7. The molecular formula is C17H19N3O5. The van der Waals surface area contributed by atoms with Crippen LogP contribution in [0.1, 0.15) is 48.0 Å². The van der Waals surface area contributed by atoms with Crippen LogP contribution in [-0.2, 0) is 4.74 Å². The Morgan fingerprint density at radius 3 is 2.96 bits per heavy atom. The van der Waals surface area contributed by atoms with Gasteiger partial charge >= 0.3 is 0 Å². The van der Waals surface area contributed by atoms with Crippen molar-refractivity contribution in [2.24, 2.45) is 0 Å². The maximum Gasteiger partial charge on any atom is 0.257 e. The van der Waals surface area contributed by atoms with Crippen LogP contribution in [0.25, 0.3) is 0 Å². The second-order valence-corrected chi connectivity index (χ2v) is 6.28. The Balaban J connectivity index is 1.53. The average Bonchev–Trinajstić information content (AvgIpc) is 3.30. The van der Waals surface area contributed by atoms with Crippen molar-refractivity contribution in [1.82, 2.24) is 15.1 Å². The molecule has 1 aromatic heterocycles. The van der Waals surface area contributed by atoms with E-state index in [1.54, 1.807) is 23.1 Å². The van der Waals surface area contributed by atoms with Gasteiger partial charge in [-0.25, -0.2) is 0 Å². The second-order valence-electron chi connectivity index (χ2n) is 6.28. The van der Waals surface area contributed by atoms with Gasteiger partial charge in [0.15, 0.2) is 17.6 Å². The van der Waals surface area contributed by atoms with Crippen LogP contribution in [0.5, 0.6) is 11.5 Å². The Morgan fingerprint density at radius 1 is 1.28 bits per heavy atom. The Hall–Kier alpha value is -2.61. The summed E-state index contributed by atoms with van der Waals surface area (Å²) in [5, 5.41) is 8.09. The van der Waals surface area contributed by atoms with Gasteiger partial charge in [-0.1, -0.05) is 19.9 Å². The molecule has 4 rings (SSSR count). The van der Waals surface area contributed by atoms with E-state index in [1.807, 2.05) is 13.8 Å². The predicted molar refractivity (Wildman–Crippen MR) is 85.5 cm³/mol. The summed E-state index contributed by atoms with van der Waals surface area (Å²) < 4.78 is 22.2. The smallest absolute Gasteiger partial charge is 0.257 e. The number of para-hydroxylation sites is 1. The molecule has 0 bridgehead atoms. The Kier molecular flexibility index (Phi) is 4.04. The molecule has 0 radical (unpaired) electrons. The van der Waals surface area contributed by atoms with Gasteiger partial charge in [0.25, 0.3) is 5.91 Å². The second kappa shape index (κ2) is 6.36. The summed E-state index contributed by atoms with van der Waals surface area (Å²) in [6.45, 7) is 5.33. The van der Waals surface area contributed by atoms with Gasteiger partial charge in [0.2, 0.25) is 18.6 Å². The van der Waals surface area contributed by atoms with Gasteiger partial charge in [0, 0.05) is 12.5 Å². The lowest BCUT2D eigenvalue weighted by molar-refractivity contribution is -0.0351. The molecule has 1 saturated heterocycles. The standard InChI is InChI=1S/C17H19N3O5/c1-10(2)15-18-19-16(25-15)13-8-20(6-7-22-13)17(21)11-4-3-5-12-14(11)24-9-23-12/h3-5,10,13H,6-9H2,1-2H3/t13-/m1/s1. The van der Waals surface area contributed by atoms with E-state index >= 15 is 0 Å². The number of rotatable bonds is 3. The molecule has 1 atom stereocenters. The van der Waals surface area contributed by atoms with Crippen molar-refractivity contribution in [2.75, 3.05) is 26.5 Å². The van der Waals surface area contributed by atoms with Crippen LogP contribution in [0.4, 0.5) is 0 Å². The summed E-state index contributed by atoms with van der Waals surface area (Å²) >= 11 is 0. The van der Waals surface area contributed by atoms with E-state index in [0.717, 1.165) is 0 Å². The number of hydrogen-bond donors (Lipinski definition) is 0. The van der Waals surface area contributed by atoms with Crippen LogP contribution in [0.15, 0.2) is 22.6 Å². The molecule has 25 heavy (non-hydrogen) atoms. The van der Waals surface area contributed by atoms with E-state index in [0.29, 0.717) is 48.5 Å². The van der Waals surface area contributed by atoms with E-state index < -0.39 is 6.10 Å². The van der Waals surface area contributed by atoms with Crippen LogP contribution in [-0.4, -0.2) is 47.5 Å². The number of fused-ring (bicyclic) bond motifs is 1. The van der Waals surface area contributed by atoms with Crippen molar-refractivity contribution < 1.29 is 23.4 Å². The SMILES string of the molecule is CC(C)c1nnc([C@H]2CN(C(=O)c3cccc4c3OCO4)CCO2)o1. The molecule has 132 valence electrons. The molecule has 0 unspecified atom stereocenters. The lowest BCUT2D eigenvalue weighted by atomic mass is 10.1. The number of morpholine rings is 1. The van der Waals surface area contributed by atoms with E-state index in [-0.39, 0.29) is 18.6 Å². The molecule has 1 amide bonds. The zero-order valence-electron chi connectivity index (χ0n) is 14.1. The van der Waals surface area contributed by atoms with Crippen molar-refractivity contribution in [2.45, 2.75) is 25.9 Å². The highest BCUT2D eigenvalue weighted by Gasteiger charge is 2.32. The van der Waals surface area contributed by atoms with E-state index in [4.69, 9.17) is 18.6 Å². The number of carbonyl (C=O) groups is 1. The first kappa shape index (κ1) is 15.9. The molecule has 0 saturated carbocycles. The van der Waals surface area contributed by atoms with Crippen LogP contribution >= 0.6 is 0 Å². The zero-order valence-corrected chi connectivity index (χ0v) is 14.1. The topological polar surface area (TPSA) is 86.9 Å². The molecule has 0 aliphatic carbocycles. The minimum Gasteiger partial charge on any atom is -0.454 e. The molecule has 0 spiro atoms. The molecule has 8 heteroatoms. The molecule has 2 aromatic rings. The largest absolute Gasteiger partial charge is 0.454 e. The average molecular weight is 345 g/mol. The molecule has 2 aliphatic rings. The maximum atomic E-state index is 12.9. The van der Waals surface area contributed by atoms with Gasteiger partial charge in [0.05, 0.1) is 18.7 Å². The first-order valence-corrected chi connectivity index (χ1v) is 8.26. The third-order valence-electron chi connectivity index (χ3n) is 4.21. The zero-order chi connectivity index (χ0) is 17.4. The number of hydrogen-bond acceptors (Lipinski definition) is 7. The molecule has 2 aliphatic heterocycles. The van der Waals surface area contributed by atoms with Crippen molar-refractivity contribution in [1.29, 1.82) is 0 Å². The lowest BCUT2D eigenvalue weighted by Gasteiger charge is -2.31. The molecular weight excluding hydrogens is 326 g/mol. The highest BCUT2D eigenvalue weighted by Crippen LogP contribution is 2.36. The fourth-order valence-electron chi connectivity index (χ4n) is 2.86. The quantitative estimate of drug-likeness (QED) is 0.842. The van der Waals surface area contributed by atoms with Crippen LogP contribution in [0, 0.1) is 0 Å². The molecule has 8 nitrogen and oxygen atoms in total. The Morgan fingerprint density at radius 2 is 2.16 bits per heavy atom. The Labute approximate surface area is 144 Å². The fourth-order valence-corrected chi connectivity index (χ4v) is 2.86. The summed E-state index contributed by atoms with van der Waals surface area (Å²) in [5.41, 5.74) is 0.490. The van der Waals surface area contributed by atoms with Gasteiger partial charge in [0.1, 0.15) is 0 Å². The van der Waals surface area contributed by atoms with Crippen LogP contribution in [0.3, 0.4) is 0 Å². The normalized spacial score (nSPS) is 19.5. The van der Waals surface area contributed by atoms with Gasteiger partial charge in [-0.3, -0.25) is 4.79 Å². The monoisotopic (exact) mass is 345 g/mol. The number of carbonyl (C=O) groups excluding carboxylic acids is 1. The first-order chi connectivity index (χ1) is 12.1. The van der Waals surface area contributed by atoms with Crippen molar-refractivity contribution in [3.63, 3.8) is 0 Å². The lowest BCUT2D eigenvalue weighted by Crippen LogP contribution is -2.42.